The largest absolute Gasteiger partial charge is 0.379 e. The average Bonchev–Trinajstić information content (AvgIpc) is 3.18. The molecule has 1 aromatic rings. The third-order valence-electron chi connectivity index (χ3n) is 3.27. The Labute approximate surface area is 103 Å². The summed E-state index contributed by atoms with van der Waals surface area (Å²) in [6.07, 6.45) is 1.57. The monoisotopic (exact) mass is 260 g/mol. The van der Waals surface area contributed by atoms with Gasteiger partial charge in [0.2, 0.25) is 0 Å². The van der Waals surface area contributed by atoms with Gasteiger partial charge in [-0.05, 0) is 24.8 Å². The zero-order chi connectivity index (χ0) is 13.3. The molecular weight excluding hydrogens is 245 g/mol. The van der Waals surface area contributed by atoms with Crippen LogP contribution in [0.2, 0.25) is 0 Å². The molecule has 0 saturated heterocycles. The molecule has 1 aromatic carbocycles. The average molecular weight is 260 g/mol. The minimum absolute atomic E-state index is 0.0184. The highest BCUT2D eigenvalue weighted by molar-refractivity contribution is 5.25. The van der Waals surface area contributed by atoms with Gasteiger partial charge in [0.15, 0.2) is 17.5 Å². The van der Waals surface area contributed by atoms with Crippen LogP contribution in [0.4, 0.5) is 13.2 Å². The quantitative estimate of drug-likeness (QED) is 0.484. The maximum atomic E-state index is 13.7. The van der Waals surface area contributed by atoms with Crippen LogP contribution in [-0.2, 0) is 4.74 Å². The van der Waals surface area contributed by atoms with E-state index in [1.807, 2.05) is 0 Å². The van der Waals surface area contributed by atoms with Gasteiger partial charge in [0.1, 0.15) is 0 Å². The van der Waals surface area contributed by atoms with Crippen molar-refractivity contribution in [1.82, 2.24) is 5.43 Å². The minimum atomic E-state index is -1.49. The van der Waals surface area contributed by atoms with Crippen LogP contribution in [0.3, 0.4) is 0 Å². The molecule has 0 spiro atoms. The van der Waals surface area contributed by atoms with Crippen LogP contribution in [-0.4, -0.2) is 13.2 Å². The van der Waals surface area contributed by atoms with E-state index in [2.05, 4.69) is 5.43 Å². The molecule has 0 aromatic heterocycles. The Morgan fingerprint density at radius 2 is 1.94 bits per heavy atom. The predicted octanol–water partition coefficient (Wildman–Crippen LogP) is 2.03. The summed E-state index contributed by atoms with van der Waals surface area (Å²) in [5.74, 6) is 1.73. The Kier molecular flexibility index (Phi) is 3.89. The van der Waals surface area contributed by atoms with Crippen molar-refractivity contribution in [2.75, 3.05) is 7.11 Å². The molecule has 3 nitrogen and oxygen atoms in total. The first kappa shape index (κ1) is 13.3. The number of hydrazine groups is 1. The third kappa shape index (κ3) is 2.36. The molecule has 18 heavy (non-hydrogen) atoms. The van der Waals surface area contributed by atoms with Crippen LogP contribution < -0.4 is 11.3 Å². The topological polar surface area (TPSA) is 47.3 Å². The zero-order valence-corrected chi connectivity index (χ0v) is 9.92. The predicted molar refractivity (Wildman–Crippen MR) is 59.9 cm³/mol. The first-order valence-electron chi connectivity index (χ1n) is 5.72. The lowest BCUT2D eigenvalue weighted by atomic mass is 9.98. The zero-order valence-electron chi connectivity index (χ0n) is 9.92. The highest BCUT2D eigenvalue weighted by Gasteiger charge is 2.38. The van der Waals surface area contributed by atoms with E-state index in [1.165, 1.54) is 13.2 Å². The van der Waals surface area contributed by atoms with Crippen LogP contribution in [0.5, 0.6) is 0 Å². The smallest absolute Gasteiger partial charge is 0.194 e. The number of ether oxygens (including phenoxy) is 1. The summed E-state index contributed by atoms with van der Waals surface area (Å²) in [5, 5.41) is 0. The van der Waals surface area contributed by atoms with E-state index in [0.717, 1.165) is 18.9 Å². The number of nitrogens with two attached hydrogens (primary N) is 1. The van der Waals surface area contributed by atoms with Crippen molar-refractivity contribution >= 4 is 0 Å². The Hall–Kier alpha value is -1.11. The second-order valence-corrected chi connectivity index (χ2v) is 4.45. The van der Waals surface area contributed by atoms with Crippen molar-refractivity contribution in [3.8, 4) is 0 Å². The van der Waals surface area contributed by atoms with Gasteiger partial charge in [-0.3, -0.25) is 11.3 Å². The summed E-state index contributed by atoms with van der Waals surface area (Å²) in [6.45, 7) is 0. The van der Waals surface area contributed by atoms with E-state index >= 15 is 0 Å². The lowest BCUT2D eigenvalue weighted by Gasteiger charge is -2.26. The van der Waals surface area contributed by atoms with Gasteiger partial charge in [-0.25, -0.2) is 13.2 Å². The van der Waals surface area contributed by atoms with Crippen molar-refractivity contribution in [3.05, 3.63) is 35.1 Å². The van der Waals surface area contributed by atoms with E-state index in [0.29, 0.717) is 0 Å². The molecule has 2 atom stereocenters. The summed E-state index contributed by atoms with van der Waals surface area (Å²) >= 11 is 0. The van der Waals surface area contributed by atoms with Crippen molar-refractivity contribution in [3.63, 3.8) is 0 Å². The fraction of sp³-hybridized carbons (Fsp3) is 0.500. The molecule has 2 unspecified atom stereocenters. The molecule has 0 amide bonds. The summed E-state index contributed by atoms with van der Waals surface area (Å²) in [7, 11) is 1.49. The van der Waals surface area contributed by atoms with E-state index in [1.54, 1.807) is 0 Å². The maximum absolute atomic E-state index is 13.7. The van der Waals surface area contributed by atoms with E-state index in [-0.39, 0.29) is 17.6 Å². The molecule has 1 saturated carbocycles. The number of hydrogen-bond acceptors (Lipinski definition) is 3. The molecule has 1 aliphatic carbocycles. The Bertz CT molecular complexity index is 438. The molecule has 1 fully saturated rings. The Balaban J connectivity index is 2.34. The van der Waals surface area contributed by atoms with Gasteiger partial charge in [0.05, 0.1) is 12.1 Å². The standard InChI is InChI=1S/C12H15F3N2O/c1-18-12(6-2-3-6)11(17-16)7-4-5-8(13)10(15)9(7)14/h4-6,11-12,17H,2-3,16H2,1H3. The first-order chi connectivity index (χ1) is 8.60. The second-order valence-electron chi connectivity index (χ2n) is 4.45. The van der Waals surface area contributed by atoms with Gasteiger partial charge in [0.25, 0.3) is 0 Å². The highest BCUT2D eigenvalue weighted by Crippen LogP contribution is 2.40. The van der Waals surface area contributed by atoms with Gasteiger partial charge in [0, 0.05) is 12.7 Å². The SMILES string of the molecule is COC(C1CC1)C(NN)c1ccc(F)c(F)c1F. The summed E-state index contributed by atoms with van der Waals surface area (Å²) in [6, 6.07) is 1.38. The third-order valence-corrected chi connectivity index (χ3v) is 3.27. The molecule has 0 bridgehead atoms. The van der Waals surface area contributed by atoms with Crippen LogP contribution in [0, 0.1) is 23.4 Å². The highest BCUT2D eigenvalue weighted by atomic mass is 19.2. The van der Waals surface area contributed by atoms with Crippen molar-refractivity contribution < 1.29 is 17.9 Å². The van der Waals surface area contributed by atoms with Crippen molar-refractivity contribution in [2.24, 2.45) is 11.8 Å². The van der Waals surface area contributed by atoms with E-state index < -0.39 is 23.5 Å². The lowest BCUT2D eigenvalue weighted by Crippen LogP contribution is -2.39. The number of hydrogen-bond donors (Lipinski definition) is 2. The van der Waals surface area contributed by atoms with Gasteiger partial charge in [-0.2, -0.15) is 0 Å². The summed E-state index contributed by atoms with van der Waals surface area (Å²) < 4.78 is 45.1. The number of benzene rings is 1. The molecule has 2 rings (SSSR count). The van der Waals surface area contributed by atoms with Crippen LogP contribution in [0.1, 0.15) is 24.4 Å². The first-order valence-corrected chi connectivity index (χ1v) is 5.72. The molecule has 6 heteroatoms. The molecule has 100 valence electrons. The molecule has 1 aliphatic rings. The van der Waals surface area contributed by atoms with Gasteiger partial charge >= 0.3 is 0 Å². The van der Waals surface area contributed by atoms with E-state index in [4.69, 9.17) is 10.6 Å². The molecule has 3 N–H and O–H groups in total. The summed E-state index contributed by atoms with van der Waals surface area (Å²) in [5.41, 5.74) is 2.41. The lowest BCUT2D eigenvalue weighted by molar-refractivity contribution is 0.0493. The summed E-state index contributed by atoms with van der Waals surface area (Å²) in [4.78, 5) is 0. The van der Waals surface area contributed by atoms with Crippen molar-refractivity contribution in [2.45, 2.75) is 25.0 Å². The minimum Gasteiger partial charge on any atom is -0.379 e. The molecule has 0 radical (unpaired) electrons. The van der Waals surface area contributed by atoms with Gasteiger partial charge in [-0.15, -0.1) is 0 Å². The Morgan fingerprint density at radius 3 is 2.44 bits per heavy atom. The molecule has 0 aliphatic heterocycles. The molecule has 0 heterocycles. The number of rotatable bonds is 5. The van der Waals surface area contributed by atoms with Crippen LogP contribution in [0.25, 0.3) is 0 Å². The maximum Gasteiger partial charge on any atom is 0.194 e. The number of halogens is 3. The fourth-order valence-corrected chi connectivity index (χ4v) is 2.17. The van der Waals surface area contributed by atoms with Gasteiger partial charge in [-0.1, -0.05) is 6.07 Å². The second kappa shape index (κ2) is 5.26. The van der Waals surface area contributed by atoms with Gasteiger partial charge < -0.3 is 4.74 Å². The fourth-order valence-electron chi connectivity index (χ4n) is 2.17. The Morgan fingerprint density at radius 1 is 1.28 bits per heavy atom. The van der Waals surface area contributed by atoms with E-state index in [9.17, 15) is 13.2 Å². The van der Waals surface area contributed by atoms with Crippen LogP contribution in [0.15, 0.2) is 12.1 Å². The number of nitrogens with one attached hydrogen (secondary N) is 1. The van der Waals surface area contributed by atoms with Crippen molar-refractivity contribution in [1.29, 1.82) is 0 Å². The number of methoxy groups -OCH3 is 1. The van der Waals surface area contributed by atoms with Crippen LogP contribution >= 0.6 is 0 Å². The molecular formula is C12H15F3N2O. The normalized spacial score (nSPS) is 18.7.